The van der Waals surface area contributed by atoms with E-state index < -0.39 is 0 Å². The number of rotatable bonds is 2. The van der Waals surface area contributed by atoms with Gasteiger partial charge in [0.1, 0.15) is 5.82 Å². The highest BCUT2D eigenvalue weighted by Crippen LogP contribution is 2.38. The Balaban J connectivity index is 1.69. The third-order valence-corrected chi connectivity index (χ3v) is 5.69. The molecular formula is C20H22N6. The van der Waals surface area contributed by atoms with Gasteiger partial charge in [-0.25, -0.2) is 9.97 Å². The fraction of sp³-hybridized carbons (Fsp3) is 0.350. The molecule has 2 fully saturated rings. The lowest BCUT2D eigenvalue weighted by molar-refractivity contribution is 0.533. The van der Waals surface area contributed by atoms with Crippen LogP contribution in [0.15, 0.2) is 36.5 Å². The van der Waals surface area contributed by atoms with Gasteiger partial charge in [-0.15, -0.1) is 0 Å². The Labute approximate surface area is 152 Å². The molecule has 0 aliphatic carbocycles. The van der Waals surface area contributed by atoms with Crippen LogP contribution < -0.4 is 16.0 Å². The second-order valence-electron chi connectivity index (χ2n) is 7.40. The van der Waals surface area contributed by atoms with Gasteiger partial charge in [-0.1, -0.05) is 24.3 Å². The van der Waals surface area contributed by atoms with Crippen molar-refractivity contribution in [2.24, 2.45) is 11.8 Å². The molecule has 0 spiro atoms. The minimum absolute atomic E-state index is 0.266. The average Bonchev–Trinajstić information content (AvgIpc) is 3.23. The van der Waals surface area contributed by atoms with E-state index in [2.05, 4.69) is 57.4 Å². The first kappa shape index (κ1) is 15.5. The molecule has 3 aromatic rings. The predicted octanol–water partition coefficient (Wildman–Crippen LogP) is 2.24. The number of hydrogen-bond acceptors (Lipinski definition) is 6. The van der Waals surface area contributed by atoms with Crippen molar-refractivity contribution < 1.29 is 0 Å². The van der Waals surface area contributed by atoms with Crippen LogP contribution in [0.1, 0.15) is 5.56 Å². The standard InChI is InChI=1S/C20H22N6/c1-12-4-2-3-5-16(12)17-6-13-9-23-20(21)25-18(13)24-19(17)26-10-14-7-22-8-15(14)11-26/h2-6,9,14-15,22H,7-8,10-11H2,1H3,(H2,21,23,24,25). The third kappa shape index (κ3) is 2.49. The molecule has 2 aliphatic heterocycles. The van der Waals surface area contributed by atoms with E-state index in [0.29, 0.717) is 17.5 Å². The summed E-state index contributed by atoms with van der Waals surface area (Å²) in [7, 11) is 0. The molecule has 6 nitrogen and oxygen atoms in total. The molecule has 2 aromatic heterocycles. The van der Waals surface area contributed by atoms with Gasteiger partial charge in [-0.05, 0) is 36.0 Å². The second kappa shape index (κ2) is 5.92. The van der Waals surface area contributed by atoms with Gasteiger partial charge in [-0.2, -0.15) is 4.98 Å². The first-order valence-electron chi connectivity index (χ1n) is 9.14. The molecule has 0 radical (unpaired) electrons. The minimum Gasteiger partial charge on any atom is -0.368 e. The SMILES string of the molecule is Cc1ccccc1-c1cc2cnc(N)nc2nc1N1CC2CNCC2C1. The minimum atomic E-state index is 0.266. The highest BCUT2D eigenvalue weighted by atomic mass is 15.2. The molecule has 2 aliphatic rings. The molecule has 2 unspecified atom stereocenters. The van der Waals surface area contributed by atoms with Gasteiger partial charge < -0.3 is 16.0 Å². The van der Waals surface area contributed by atoms with Crippen LogP contribution in [-0.4, -0.2) is 41.1 Å². The summed E-state index contributed by atoms with van der Waals surface area (Å²) in [5.41, 5.74) is 10.1. The van der Waals surface area contributed by atoms with Crippen molar-refractivity contribution in [3.05, 3.63) is 42.1 Å². The molecule has 0 saturated carbocycles. The van der Waals surface area contributed by atoms with Crippen LogP contribution in [-0.2, 0) is 0 Å². The van der Waals surface area contributed by atoms with Crippen LogP contribution in [0, 0.1) is 18.8 Å². The van der Waals surface area contributed by atoms with Gasteiger partial charge in [0.15, 0.2) is 5.65 Å². The van der Waals surface area contributed by atoms with Gasteiger partial charge in [0.2, 0.25) is 5.95 Å². The number of pyridine rings is 1. The molecule has 1 aromatic carbocycles. The number of nitrogens with one attached hydrogen (secondary N) is 1. The zero-order valence-corrected chi connectivity index (χ0v) is 14.8. The summed E-state index contributed by atoms with van der Waals surface area (Å²) >= 11 is 0. The quantitative estimate of drug-likeness (QED) is 0.741. The molecule has 132 valence electrons. The first-order chi connectivity index (χ1) is 12.7. The van der Waals surface area contributed by atoms with E-state index in [1.807, 2.05) is 0 Å². The summed E-state index contributed by atoms with van der Waals surface area (Å²) in [5.74, 6) is 2.68. The van der Waals surface area contributed by atoms with Crippen LogP contribution >= 0.6 is 0 Å². The maximum atomic E-state index is 5.79. The van der Waals surface area contributed by atoms with Crippen molar-refractivity contribution in [2.45, 2.75) is 6.92 Å². The Morgan fingerprint density at radius 3 is 2.62 bits per heavy atom. The number of aromatic nitrogens is 3. The van der Waals surface area contributed by atoms with E-state index in [-0.39, 0.29) is 5.95 Å². The molecule has 0 bridgehead atoms. The van der Waals surface area contributed by atoms with Gasteiger partial charge >= 0.3 is 0 Å². The Kier molecular flexibility index (Phi) is 3.53. The summed E-state index contributed by atoms with van der Waals surface area (Å²) in [6.45, 7) is 6.42. The summed E-state index contributed by atoms with van der Waals surface area (Å²) in [5, 5.41) is 4.42. The molecule has 26 heavy (non-hydrogen) atoms. The highest BCUT2D eigenvalue weighted by Gasteiger charge is 2.37. The van der Waals surface area contributed by atoms with E-state index in [1.54, 1.807) is 6.20 Å². The van der Waals surface area contributed by atoms with E-state index in [1.165, 1.54) is 11.1 Å². The third-order valence-electron chi connectivity index (χ3n) is 5.69. The van der Waals surface area contributed by atoms with Crippen LogP contribution in [0.4, 0.5) is 11.8 Å². The number of nitrogens with zero attached hydrogens (tertiary/aromatic N) is 4. The Hall–Kier alpha value is -2.73. The maximum Gasteiger partial charge on any atom is 0.222 e. The molecule has 2 atom stereocenters. The van der Waals surface area contributed by atoms with Crippen molar-refractivity contribution in [1.82, 2.24) is 20.3 Å². The lowest BCUT2D eigenvalue weighted by Crippen LogP contribution is -2.26. The topological polar surface area (TPSA) is 80.0 Å². The first-order valence-corrected chi connectivity index (χ1v) is 9.14. The number of nitrogens with two attached hydrogens (primary N) is 1. The smallest absolute Gasteiger partial charge is 0.222 e. The van der Waals surface area contributed by atoms with E-state index in [0.717, 1.165) is 42.9 Å². The van der Waals surface area contributed by atoms with E-state index in [9.17, 15) is 0 Å². The summed E-state index contributed by atoms with van der Waals surface area (Å²) in [6.07, 6.45) is 1.76. The molecule has 6 heteroatoms. The van der Waals surface area contributed by atoms with Crippen LogP contribution in [0.2, 0.25) is 0 Å². The van der Waals surface area contributed by atoms with Crippen molar-refractivity contribution in [3.8, 4) is 11.1 Å². The highest BCUT2D eigenvalue weighted by molar-refractivity contribution is 5.89. The molecule has 5 rings (SSSR count). The number of anilines is 2. The van der Waals surface area contributed by atoms with Crippen molar-refractivity contribution in [3.63, 3.8) is 0 Å². The predicted molar refractivity (Wildman–Crippen MR) is 104 cm³/mol. The van der Waals surface area contributed by atoms with Crippen LogP contribution in [0.25, 0.3) is 22.2 Å². The summed E-state index contributed by atoms with van der Waals surface area (Å²) in [6, 6.07) is 10.6. The van der Waals surface area contributed by atoms with Gasteiger partial charge in [0, 0.05) is 43.3 Å². The second-order valence-corrected chi connectivity index (χ2v) is 7.40. The fourth-order valence-electron chi connectivity index (χ4n) is 4.31. The summed E-state index contributed by atoms with van der Waals surface area (Å²) in [4.78, 5) is 15.9. The lowest BCUT2D eigenvalue weighted by atomic mass is 10.00. The molecule has 2 saturated heterocycles. The monoisotopic (exact) mass is 346 g/mol. The largest absolute Gasteiger partial charge is 0.368 e. The molecule has 3 N–H and O–H groups in total. The van der Waals surface area contributed by atoms with Crippen LogP contribution in [0.5, 0.6) is 0 Å². The van der Waals surface area contributed by atoms with Crippen LogP contribution in [0.3, 0.4) is 0 Å². The average molecular weight is 346 g/mol. The van der Waals surface area contributed by atoms with Crippen molar-refractivity contribution in [2.75, 3.05) is 36.8 Å². The van der Waals surface area contributed by atoms with Gasteiger partial charge in [0.05, 0.1) is 0 Å². The Morgan fingerprint density at radius 2 is 1.85 bits per heavy atom. The zero-order valence-electron chi connectivity index (χ0n) is 14.8. The van der Waals surface area contributed by atoms with Gasteiger partial charge in [-0.3, -0.25) is 0 Å². The number of nitrogen functional groups attached to an aromatic ring is 1. The number of benzene rings is 1. The van der Waals surface area contributed by atoms with E-state index >= 15 is 0 Å². The number of fused-ring (bicyclic) bond motifs is 2. The maximum absolute atomic E-state index is 5.79. The lowest BCUT2D eigenvalue weighted by Gasteiger charge is -2.23. The normalized spacial score (nSPS) is 22.1. The Morgan fingerprint density at radius 1 is 1.08 bits per heavy atom. The van der Waals surface area contributed by atoms with E-state index in [4.69, 9.17) is 10.7 Å². The Bertz CT molecular complexity index is 973. The molecule has 4 heterocycles. The van der Waals surface area contributed by atoms with Crippen molar-refractivity contribution in [1.29, 1.82) is 0 Å². The summed E-state index contributed by atoms with van der Waals surface area (Å²) < 4.78 is 0. The zero-order chi connectivity index (χ0) is 17.7. The number of aryl methyl sites for hydroxylation is 1. The molecular weight excluding hydrogens is 324 g/mol. The fourth-order valence-corrected chi connectivity index (χ4v) is 4.31. The van der Waals surface area contributed by atoms with Crippen molar-refractivity contribution >= 4 is 22.8 Å². The molecule has 0 amide bonds. The van der Waals surface area contributed by atoms with Gasteiger partial charge in [0.25, 0.3) is 0 Å². The number of hydrogen-bond donors (Lipinski definition) is 2.